The zero-order valence-electron chi connectivity index (χ0n) is 23.1. The number of carbonyl (C=O) groups is 1. The zero-order valence-corrected chi connectivity index (χ0v) is 23.9. The van der Waals surface area contributed by atoms with Gasteiger partial charge in [0.2, 0.25) is 10.0 Å². The van der Waals surface area contributed by atoms with Crippen molar-refractivity contribution >= 4 is 55.3 Å². The number of nitrogens with zero attached hydrogens (tertiary/aromatic N) is 1. The SMILES string of the molecule is BC(B)(B)C(B)(B)NC(=O)N1CC2(CC2)[C@H](NS(C)(=O)=O)[C@@H]1Cc1cccc(-c2ccccc2)c1OC. The molecule has 1 aliphatic carbocycles. The molecule has 37 heavy (non-hydrogen) atoms. The molecule has 0 unspecified atom stereocenters. The molecule has 2 amide bonds. The average molecular weight is 517 g/mol. The van der Waals surface area contributed by atoms with Gasteiger partial charge in [-0.2, -0.15) is 0 Å². The van der Waals surface area contributed by atoms with Crippen LogP contribution in [0.2, 0.25) is 5.11 Å². The van der Waals surface area contributed by atoms with Crippen molar-refractivity contribution < 1.29 is 17.9 Å². The highest BCUT2D eigenvalue weighted by Gasteiger charge is 2.61. The number of benzene rings is 2. The average Bonchev–Trinajstić information content (AvgIpc) is 3.53. The van der Waals surface area contributed by atoms with E-state index in [1.54, 1.807) is 7.11 Å². The molecule has 2 aromatic carbocycles. The first-order valence-corrected chi connectivity index (χ1v) is 14.8. The summed E-state index contributed by atoms with van der Waals surface area (Å²) in [5.41, 5.74) is 2.72. The Kier molecular flexibility index (Phi) is 7.36. The predicted octanol–water partition coefficient (Wildman–Crippen LogP) is -2.11. The van der Waals surface area contributed by atoms with Gasteiger partial charge in [-0.25, -0.2) is 17.9 Å². The van der Waals surface area contributed by atoms with Gasteiger partial charge >= 0.3 is 6.03 Å². The Morgan fingerprint density at radius 3 is 2.27 bits per heavy atom. The van der Waals surface area contributed by atoms with Crippen LogP contribution in [-0.4, -0.2) is 95.9 Å². The molecule has 2 aliphatic rings. The smallest absolute Gasteiger partial charge is 0.316 e. The highest BCUT2D eigenvalue weighted by atomic mass is 32.2. The predicted molar refractivity (Wildman–Crippen MR) is 163 cm³/mol. The summed E-state index contributed by atoms with van der Waals surface area (Å²) in [5, 5.41) is 2.63. The van der Waals surface area contributed by atoms with Crippen molar-refractivity contribution in [1.82, 2.24) is 14.9 Å². The molecule has 1 aliphatic heterocycles. The van der Waals surface area contributed by atoms with Crippen molar-refractivity contribution in [3.05, 3.63) is 54.1 Å². The summed E-state index contributed by atoms with van der Waals surface area (Å²) in [5.74, 6) is 0.749. The van der Waals surface area contributed by atoms with Crippen LogP contribution in [0.25, 0.3) is 11.1 Å². The molecule has 2 fully saturated rings. The third-order valence-electron chi connectivity index (χ3n) is 8.53. The van der Waals surface area contributed by atoms with Gasteiger partial charge in [-0.15, -0.1) is 5.11 Å². The van der Waals surface area contributed by atoms with Gasteiger partial charge in [0.25, 0.3) is 0 Å². The van der Waals surface area contributed by atoms with Gasteiger partial charge in [-0.3, -0.25) is 0 Å². The van der Waals surface area contributed by atoms with E-state index in [0.29, 0.717) is 13.0 Å². The fourth-order valence-corrected chi connectivity index (χ4v) is 6.11. The Bertz CT molecular complexity index is 1270. The molecule has 0 radical (unpaired) electrons. The number of hydrogen-bond acceptors (Lipinski definition) is 4. The van der Waals surface area contributed by atoms with Crippen LogP contribution >= 0.6 is 0 Å². The van der Waals surface area contributed by atoms with Gasteiger partial charge < -0.3 is 15.0 Å². The Hall–Kier alpha value is -2.26. The Labute approximate surface area is 226 Å². The number of amides is 2. The van der Waals surface area contributed by atoms with Gasteiger partial charge in [0.05, 0.1) is 42.9 Å². The van der Waals surface area contributed by atoms with Crippen molar-refractivity contribution in [3.63, 3.8) is 0 Å². The molecule has 2 N–H and O–H groups in total. The number of hydrogen-bond donors (Lipinski definition) is 2. The number of ether oxygens (including phenoxy) is 1. The normalized spacial score (nSPS) is 21.1. The lowest BCUT2D eigenvalue weighted by molar-refractivity contribution is 0.186. The molecule has 1 spiro atoms. The lowest BCUT2D eigenvalue weighted by atomic mass is 9.26. The second kappa shape index (κ2) is 9.81. The van der Waals surface area contributed by atoms with Crippen LogP contribution in [0, 0.1) is 5.41 Å². The fourth-order valence-electron chi connectivity index (χ4n) is 5.24. The Balaban J connectivity index is 1.73. The number of rotatable bonds is 8. The highest BCUT2D eigenvalue weighted by Crippen LogP contribution is 2.56. The van der Waals surface area contributed by atoms with E-state index >= 15 is 0 Å². The molecule has 1 saturated heterocycles. The molecule has 0 aromatic heterocycles. The summed E-state index contributed by atoms with van der Waals surface area (Å²) in [6, 6.07) is 15.2. The van der Waals surface area contributed by atoms with Crippen LogP contribution in [0.15, 0.2) is 48.5 Å². The summed E-state index contributed by atoms with van der Waals surface area (Å²) >= 11 is 0. The van der Waals surface area contributed by atoms with Gasteiger partial charge in [0, 0.05) is 23.6 Å². The van der Waals surface area contributed by atoms with E-state index in [-0.39, 0.29) is 28.6 Å². The first-order valence-electron chi connectivity index (χ1n) is 12.9. The second-order valence-electron chi connectivity index (χ2n) is 12.3. The summed E-state index contributed by atoms with van der Waals surface area (Å²) in [7, 11) is 8.55. The lowest BCUT2D eigenvalue weighted by Gasteiger charge is -2.42. The van der Waals surface area contributed by atoms with Gasteiger partial charge in [-0.1, -0.05) is 48.5 Å². The van der Waals surface area contributed by atoms with E-state index in [0.717, 1.165) is 35.3 Å². The first kappa shape index (κ1) is 27.8. The molecular weight excluding hydrogens is 480 g/mol. The molecule has 4 rings (SSSR count). The van der Waals surface area contributed by atoms with E-state index in [9.17, 15) is 13.2 Å². The summed E-state index contributed by atoms with van der Waals surface area (Å²) in [4.78, 5) is 15.6. The quantitative estimate of drug-likeness (QED) is 0.393. The second-order valence-corrected chi connectivity index (χ2v) is 14.1. The monoisotopic (exact) mass is 517 g/mol. The Morgan fingerprint density at radius 1 is 1.08 bits per heavy atom. The number of para-hydroxylation sites is 1. The van der Waals surface area contributed by atoms with Crippen molar-refractivity contribution in [2.75, 3.05) is 19.9 Å². The Morgan fingerprint density at radius 2 is 1.73 bits per heavy atom. The molecule has 13 heteroatoms. The van der Waals surface area contributed by atoms with Crippen molar-refractivity contribution in [2.24, 2.45) is 5.41 Å². The van der Waals surface area contributed by atoms with E-state index in [1.807, 2.05) is 69.1 Å². The molecule has 192 valence electrons. The number of methoxy groups -OCH3 is 1. The molecular formula is C24H36B5N3O4S. The van der Waals surface area contributed by atoms with Gasteiger partial charge in [0.1, 0.15) is 21.4 Å². The van der Waals surface area contributed by atoms with Crippen molar-refractivity contribution in [3.8, 4) is 16.9 Å². The third kappa shape index (κ3) is 5.77. The zero-order chi connectivity index (χ0) is 27.2. The summed E-state index contributed by atoms with van der Waals surface area (Å²) < 4.78 is 33.7. The number of urea groups is 1. The maximum absolute atomic E-state index is 13.8. The highest BCUT2D eigenvalue weighted by molar-refractivity contribution is 7.88. The van der Waals surface area contributed by atoms with Crippen LogP contribution in [0.4, 0.5) is 4.79 Å². The third-order valence-corrected chi connectivity index (χ3v) is 9.22. The van der Waals surface area contributed by atoms with E-state index in [4.69, 9.17) is 4.74 Å². The molecule has 0 bridgehead atoms. The standard InChI is InChI=1S/C24H36B5N3O4S/c1-36-19-16(9-6-10-17(19)15-7-4-3-5-8-15)13-18-20(31-37(2,34)35)22(11-12-22)14-32(18)21(33)30-24(28,29)23(25,26)27/h3-10,18,20,31H,11-14,25-29H2,1-2H3,(H,30,33)/t18-,20+/m0/s1. The minimum absolute atomic E-state index is 0.160. The lowest BCUT2D eigenvalue weighted by Crippen LogP contribution is -2.62. The minimum Gasteiger partial charge on any atom is -0.496 e. The maximum Gasteiger partial charge on any atom is 0.316 e. The number of carbonyl (C=O) groups excluding carboxylic acids is 1. The minimum atomic E-state index is -3.48. The molecule has 7 nitrogen and oxygen atoms in total. The van der Waals surface area contributed by atoms with E-state index < -0.39 is 15.4 Å². The summed E-state index contributed by atoms with van der Waals surface area (Å²) in [6.45, 7) is 0.525. The largest absolute Gasteiger partial charge is 0.496 e. The fraction of sp³-hybridized carbons (Fsp3) is 0.458. The van der Waals surface area contributed by atoms with Crippen molar-refractivity contribution in [1.29, 1.82) is 0 Å². The molecule has 2 atom stereocenters. The van der Waals surface area contributed by atoms with Gasteiger partial charge in [0.15, 0.2) is 0 Å². The molecule has 1 heterocycles. The van der Waals surface area contributed by atoms with Gasteiger partial charge in [-0.05, 0) is 35.7 Å². The molecule has 1 saturated carbocycles. The van der Waals surface area contributed by atoms with Crippen LogP contribution in [0.5, 0.6) is 5.75 Å². The van der Waals surface area contributed by atoms with Crippen LogP contribution in [0.3, 0.4) is 0 Å². The number of likely N-dealkylation sites (tertiary alicyclic amines) is 1. The van der Waals surface area contributed by atoms with Crippen molar-refractivity contribution in [2.45, 2.75) is 41.8 Å². The van der Waals surface area contributed by atoms with Crippen LogP contribution in [0.1, 0.15) is 18.4 Å². The molecule has 2 aromatic rings. The summed E-state index contributed by atoms with van der Waals surface area (Å²) in [6.07, 6.45) is 3.46. The first-order chi connectivity index (χ1) is 17.2. The van der Waals surface area contributed by atoms with Crippen LogP contribution in [-0.2, 0) is 16.4 Å². The maximum atomic E-state index is 13.8. The van der Waals surface area contributed by atoms with Crippen LogP contribution < -0.4 is 14.8 Å². The number of nitrogens with one attached hydrogen (secondary N) is 2. The topological polar surface area (TPSA) is 87.7 Å². The number of sulfonamides is 1. The van der Waals surface area contributed by atoms with E-state index in [2.05, 4.69) is 33.6 Å². The van der Waals surface area contributed by atoms with E-state index in [1.165, 1.54) is 6.26 Å².